The highest BCUT2D eigenvalue weighted by atomic mass is 32.2. The molecule has 1 aliphatic rings. The summed E-state index contributed by atoms with van der Waals surface area (Å²) in [4.78, 5) is 24.8. The first kappa shape index (κ1) is 26.2. The number of ether oxygens (including phenoxy) is 1. The first-order valence-corrected chi connectivity index (χ1v) is 14.4. The monoisotopic (exact) mass is 547 g/mol. The van der Waals surface area contributed by atoms with Crippen LogP contribution in [-0.4, -0.2) is 66.8 Å². The Balaban J connectivity index is 1.25. The third kappa shape index (κ3) is 6.89. The van der Waals surface area contributed by atoms with Gasteiger partial charge in [-0.25, -0.2) is 8.42 Å². The van der Waals surface area contributed by atoms with Crippen molar-refractivity contribution in [1.82, 2.24) is 14.5 Å². The molecule has 1 aliphatic heterocycles. The second-order valence-corrected chi connectivity index (χ2v) is 12.1. The molecule has 1 aromatic heterocycles. The summed E-state index contributed by atoms with van der Waals surface area (Å²) >= 11 is 2.58. The smallest absolute Gasteiger partial charge is 0.257 e. The van der Waals surface area contributed by atoms with Crippen molar-refractivity contribution in [2.45, 2.75) is 22.6 Å². The van der Waals surface area contributed by atoms with Crippen LogP contribution in [0.5, 0.6) is 0 Å². The zero-order valence-electron chi connectivity index (χ0n) is 19.5. The lowest BCUT2D eigenvalue weighted by atomic mass is 10.2. The maximum absolute atomic E-state index is 12.7. The summed E-state index contributed by atoms with van der Waals surface area (Å²) in [5, 5.41) is 13.9. The van der Waals surface area contributed by atoms with Gasteiger partial charge in [0.25, 0.3) is 5.91 Å². The van der Waals surface area contributed by atoms with Crippen molar-refractivity contribution in [3.8, 4) is 0 Å². The number of morpholine rings is 1. The fourth-order valence-electron chi connectivity index (χ4n) is 3.29. The number of aryl methyl sites for hydroxylation is 1. The van der Waals surface area contributed by atoms with Crippen LogP contribution in [-0.2, 0) is 19.6 Å². The molecule has 0 saturated carbocycles. The molecule has 0 spiro atoms. The van der Waals surface area contributed by atoms with E-state index in [1.165, 1.54) is 51.7 Å². The molecule has 36 heavy (non-hydrogen) atoms. The number of benzene rings is 2. The second-order valence-electron chi connectivity index (χ2n) is 7.88. The van der Waals surface area contributed by atoms with Crippen LogP contribution in [0.1, 0.15) is 22.3 Å². The van der Waals surface area contributed by atoms with Gasteiger partial charge in [-0.3, -0.25) is 14.9 Å². The van der Waals surface area contributed by atoms with Gasteiger partial charge in [0, 0.05) is 36.5 Å². The SMILES string of the molecule is Cc1ccc(NC(=O)CCSc2nnc(NC(=O)c3ccc(S(=O)(=O)N4CCOCC4)cc3)s2)cc1. The van der Waals surface area contributed by atoms with E-state index in [-0.39, 0.29) is 10.8 Å². The maximum Gasteiger partial charge on any atom is 0.257 e. The quantitative estimate of drug-likeness (QED) is 0.308. The minimum atomic E-state index is -3.62. The molecule has 4 rings (SSSR count). The van der Waals surface area contributed by atoms with Crippen molar-refractivity contribution in [1.29, 1.82) is 0 Å². The number of carbonyl (C=O) groups is 2. The van der Waals surface area contributed by atoms with Gasteiger partial charge in [0.1, 0.15) is 0 Å². The topological polar surface area (TPSA) is 131 Å². The summed E-state index contributed by atoms with van der Waals surface area (Å²) in [7, 11) is -3.62. The first-order valence-electron chi connectivity index (χ1n) is 11.1. The lowest BCUT2D eigenvalue weighted by molar-refractivity contribution is -0.115. The van der Waals surface area contributed by atoms with Crippen molar-refractivity contribution < 1.29 is 22.7 Å². The van der Waals surface area contributed by atoms with Gasteiger partial charge in [0.2, 0.25) is 21.1 Å². The fraction of sp³-hybridized carbons (Fsp3) is 0.304. The Morgan fingerprint density at radius 3 is 2.42 bits per heavy atom. The van der Waals surface area contributed by atoms with E-state index in [9.17, 15) is 18.0 Å². The molecular formula is C23H25N5O5S3. The molecule has 2 N–H and O–H groups in total. The minimum Gasteiger partial charge on any atom is -0.379 e. The van der Waals surface area contributed by atoms with E-state index < -0.39 is 15.9 Å². The number of rotatable bonds is 9. The van der Waals surface area contributed by atoms with E-state index in [4.69, 9.17) is 4.74 Å². The van der Waals surface area contributed by atoms with Crippen molar-refractivity contribution in [2.24, 2.45) is 0 Å². The first-order chi connectivity index (χ1) is 17.3. The summed E-state index contributed by atoms with van der Waals surface area (Å²) in [5.74, 6) is -0.00159. The van der Waals surface area contributed by atoms with Gasteiger partial charge in [-0.15, -0.1) is 10.2 Å². The van der Waals surface area contributed by atoms with E-state index in [0.29, 0.717) is 53.5 Å². The molecule has 3 aromatic rings. The molecular weight excluding hydrogens is 522 g/mol. The predicted molar refractivity (Wildman–Crippen MR) is 139 cm³/mol. The van der Waals surface area contributed by atoms with Crippen LogP contribution in [0.3, 0.4) is 0 Å². The molecule has 0 radical (unpaired) electrons. The molecule has 0 unspecified atom stereocenters. The standard InChI is InChI=1S/C23H25N5O5S3/c1-16-2-6-18(7-3-16)24-20(29)10-15-34-23-27-26-22(35-23)25-21(30)17-4-8-19(9-5-17)36(31,32)28-11-13-33-14-12-28/h2-9H,10-15H2,1H3,(H,24,29)(H,25,26,30). The minimum absolute atomic E-state index is 0.0940. The van der Waals surface area contributed by atoms with Crippen LogP contribution in [0.15, 0.2) is 57.8 Å². The number of amides is 2. The summed E-state index contributed by atoms with van der Waals surface area (Å²) in [5.41, 5.74) is 2.17. The number of carbonyl (C=O) groups excluding carboxylic acids is 2. The molecule has 0 atom stereocenters. The average Bonchev–Trinajstić information content (AvgIpc) is 3.33. The molecule has 10 nitrogen and oxygen atoms in total. The van der Waals surface area contributed by atoms with Gasteiger partial charge in [-0.2, -0.15) is 4.31 Å². The van der Waals surface area contributed by atoms with Crippen LogP contribution >= 0.6 is 23.1 Å². The van der Waals surface area contributed by atoms with Crippen molar-refractivity contribution in [2.75, 3.05) is 42.7 Å². The molecule has 13 heteroatoms. The third-order valence-corrected chi connectivity index (χ3v) is 9.13. The average molecular weight is 548 g/mol. The van der Waals surface area contributed by atoms with E-state index >= 15 is 0 Å². The van der Waals surface area contributed by atoms with Gasteiger partial charge >= 0.3 is 0 Å². The fourth-order valence-corrected chi connectivity index (χ4v) is 6.46. The highest BCUT2D eigenvalue weighted by molar-refractivity contribution is 8.01. The molecule has 0 bridgehead atoms. The molecule has 0 aliphatic carbocycles. The van der Waals surface area contributed by atoms with E-state index in [1.54, 1.807) is 0 Å². The second kappa shape index (κ2) is 11.9. The normalized spacial score (nSPS) is 14.4. The van der Waals surface area contributed by atoms with Crippen LogP contribution in [0.4, 0.5) is 10.8 Å². The van der Waals surface area contributed by atoms with Gasteiger partial charge in [-0.1, -0.05) is 40.8 Å². The van der Waals surface area contributed by atoms with E-state index in [1.807, 2.05) is 31.2 Å². The molecule has 2 heterocycles. The van der Waals surface area contributed by atoms with Crippen LogP contribution in [0, 0.1) is 6.92 Å². The zero-order valence-corrected chi connectivity index (χ0v) is 21.9. The Hall–Kier alpha value is -2.84. The number of thioether (sulfide) groups is 1. The van der Waals surface area contributed by atoms with Crippen LogP contribution in [0.2, 0.25) is 0 Å². The Labute approximate surface area is 217 Å². The zero-order chi connectivity index (χ0) is 25.5. The lowest BCUT2D eigenvalue weighted by Crippen LogP contribution is -2.40. The number of aromatic nitrogens is 2. The van der Waals surface area contributed by atoms with Gasteiger partial charge in [-0.05, 0) is 43.3 Å². The summed E-state index contributed by atoms with van der Waals surface area (Å²) in [6.45, 7) is 3.32. The van der Waals surface area contributed by atoms with E-state index in [0.717, 1.165) is 11.3 Å². The molecule has 2 aromatic carbocycles. The number of sulfonamides is 1. The lowest BCUT2D eigenvalue weighted by Gasteiger charge is -2.26. The number of anilines is 2. The van der Waals surface area contributed by atoms with Gasteiger partial charge < -0.3 is 10.1 Å². The molecule has 1 saturated heterocycles. The number of nitrogens with zero attached hydrogens (tertiary/aromatic N) is 3. The highest BCUT2D eigenvalue weighted by Gasteiger charge is 2.26. The summed E-state index contributed by atoms with van der Waals surface area (Å²) in [6, 6.07) is 13.4. The van der Waals surface area contributed by atoms with Crippen molar-refractivity contribution in [3.63, 3.8) is 0 Å². The summed E-state index contributed by atoms with van der Waals surface area (Å²) in [6.07, 6.45) is 0.305. The highest BCUT2D eigenvalue weighted by Crippen LogP contribution is 2.26. The van der Waals surface area contributed by atoms with E-state index in [2.05, 4.69) is 20.8 Å². The molecule has 1 fully saturated rings. The maximum atomic E-state index is 12.7. The number of hydrogen-bond donors (Lipinski definition) is 2. The van der Waals surface area contributed by atoms with Crippen LogP contribution < -0.4 is 10.6 Å². The Bertz CT molecular complexity index is 1300. The Morgan fingerprint density at radius 2 is 1.72 bits per heavy atom. The van der Waals surface area contributed by atoms with Gasteiger partial charge in [0.15, 0.2) is 4.34 Å². The molecule has 190 valence electrons. The Morgan fingerprint density at radius 1 is 1.03 bits per heavy atom. The third-order valence-electron chi connectivity index (χ3n) is 5.24. The summed E-state index contributed by atoms with van der Waals surface area (Å²) < 4.78 is 32.6. The van der Waals surface area contributed by atoms with Crippen molar-refractivity contribution in [3.05, 3.63) is 59.7 Å². The van der Waals surface area contributed by atoms with Gasteiger partial charge in [0.05, 0.1) is 18.1 Å². The predicted octanol–water partition coefficient (Wildman–Crippen LogP) is 3.24. The number of nitrogens with one attached hydrogen (secondary N) is 2. The largest absolute Gasteiger partial charge is 0.379 e. The Kier molecular flexibility index (Phi) is 8.69. The van der Waals surface area contributed by atoms with Crippen molar-refractivity contribution >= 4 is 55.8 Å². The number of hydrogen-bond acceptors (Lipinski definition) is 9. The molecule has 2 amide bonds. The van der Waals surface area contributed by atoms with Crippen LogP contribution in [0.25, 0.3) is 0 Å².